The molecule has 0 N–H and O–H groups in total. The van der Waals surface area contributed by atoms with Crippen LogP contribution in [0.15, 0.2) is 24.7 Å². The van der Waals surface area contributed by atoms with Gasteiger partial charge in [0.1, 0.15) is 0 Å². The van der Waals surface area contributed by atoms with E-state index in [1.807, 2.05) is 0 Å². The molecule has 10 heteroatoms. The zero-order chi connectivity index (χ0) is 28.4. The van der Waals surface area contributed by atoms with Crippen molar-refractivity contribution in [1.29, 1.82) is 0 Å². The molecule has 0 aliphatic carbocycles. The molecule has 0 rings (SSSR count). The van der Waals surface area contributed by atoms with Crippen LogP contribution in [0.4, 0.5) is 0 Å². The summed E-state index contributed by atoms with van der Waals surface area (Å²) in [5, 5.41) is 0. The normalized spacial score (nSPS) is 15.8. The summed E-state index contributed by atoms with van der Waals surface area (Å²) < 4.78 is 14.1. The third-order valence-electron chi connectivity index (χ3n) is 7.76. The Kier molecular flexibility index (Phi) is 12.2. The largest absolute Gasteiger partial charge is 0.558 e. The quantitative estimate of drug-likeness (QED) is 0.109. The Morgan fingerprint density at radius 3 is 0.743 bits per heavy atom. The van der Waals surface area contributed by atoms with Crippen molar-refractivity contribution in [3.63, 3.8) is 0 Å². The Bertz CT molecular complexity index is 587. The lowest BCUT2D eigenvalue weighted by Crippen LogP contribution is -2.83. The summed E-state index contributed by atoms with van der Waals surface area (Å²) in [7, 11) is -8.30. The molecule has 2 nitrogen and oxygen atoms in total. The van der Waals surface area contributed by atoms with E-state index in [0.717, 1.165) is 12.8 Å². The minimum atomic E-state index is -1.74. The highest BCUT2D eigenvalue weighted by Gasteiger charge is 2.66. The Morgan fingerprint density at radius 2 is 0.571 bits per heavy atom. The molecule has 0 aliphatic heterocycles. The molecule has 0 bridgehead atoms. The Morgan fingerprint density at radius 1 is 0.371 bits per heavy atom. The summed E-state index contributed by atoms with van der Waals surface area (Å²) in [6.07, 6.45) is 12.3. The number of allylic oxidation sites excluding steroid dienone is 2. The molecule has 0 atom stereocenters. The van der Waals surface area contributed by atoms with Gasteiger partial charge in [0.25, 0.3) is 0 Å². The smallest absolute Gasteiger partial charge is 0.205 e. The highest BCUT2D eigenvalue weighted by Crippen LogP contribution is 2.39. The zero-order valence-corrected chi connectivity index (χ0v) is 35.2. The van der Waals surface area contributed by atoms with Crippen LogP contribution in [0, 0.1) is 0 Å². The van der Waals surface area contributed by atoms with Crippen LogP contribution in [0.25, 0.3) is 0 Å². The Hall–Kier alpha value is 0.815. The van der Waals surface area contributed by atoms with Crippen LogP contribution in [0.2, 0.25) is 118 Å². The second kappa shape index (κ2) is 11.9. The van der Waals surface area contributed by atoms with Crippen LogP contribution in [0.3, 0.4) is 0 Å². The topological polar surface area (TPSA) is 18.5 Å². The van der Waals surface area contributed by atoms with Crippen molar-refractivity contribution in [3.8, 4) is 0 Å². The second-order valence-corrected chi connectivity index (χ2v) is 95.6. The molecule has 0 fully saturated rings. The molecule has 0 amide bonds. The molecular formula is C25H64O2Si8. The standard InChI is InChI=1S/C25H64O2Si8/c1-28(2,3)34(29(4,5)6,30(7,8)9)26-24-22-20-19-21-23-25-27-35(31(10,11)12,32(13,14)15)33(16,17)18/h22-25H,19-21H2,1-18H3/b24-22-,25-23-. The van der Waals surface area contributed by atoms with E-state index in [1.165, 1.54) is 6.42 Å². The highest BCUT2D eigenvalue weighted by atomic mass is 29.9. The molecule has 0 aromatic heterocycles. The first-order chi connectivity index (χ1) is 15.2. The van der Waals surface area contributed by atoms with Gasteiger partial charge in [-0.1, -0.05) is 130 Å². The maximum absolute atomic E-state index is 7.03. The molecule has 0 unspecified atom stereocenters. The summed E-state index contributed by atoms with van der Waals surface area (Å²) in [6, 6.07) is 0. The molecule has 0 radical (unpaired) electrons. The van der Waals surface area contributed by atoms with Gasteiger partial charge in [-0.05, 0) is 19.3 Å². The van der Waals surface area contributed by atoms with Crippen LogP contribution in [0.1, 0.15) is 19.3 Å². The van der Waals surface area contributed by atoms with Crippen molar-refractivity contribution in [1.82, 2.24) is 0 Å². The van der Waals surface area contributed by atoms with Crippen LogP contribution in [0.5, 0.6) is 0 Å². The molecule has 0 heterocycles. The second-order valence-electron chi connectivity index (χ2n) is 16.8. The predicted octanol–water partition coefficient (Wildman–Crippen LogP) is 9.61. The molecule has 0 aromatic carbocycles. The van der Waals surface area contributed by atoms with E-state index in [4.69, 9.17) is 8.85 Å². The van der Waals surface area contributed by atoms with Crippen molar-refractivity contribution < 1.29 is 8.85 Å². The van der Waals surface area contributed by atoms with Gasteiger partial charge in [-0.3, -0.25) is 0 Å². The van der Waals surface area contributed by atoms with E-state index in [0.29, 0.717) is 0 Å². The molecule has 0 saturated carbocycles. The lowest BCUT2D eigenvalue weighted by molar-refractivity contribution is 0.501. The number of rotatable bonds is 14. The summed E-state index contributed by atoms with van der Waals surface area (Å²) in [6.45, 7) is 43.0. The van der Waals surface area contributed by atoms with Crippen LogP contribution >= 0.6 is 0 Å². The maximum Gasteiger partial charge on any atom is 0.205 e. The molecule has 0 spiro atoms. The highest BCUT2D eigenvalue weighted by molar-refractivity contribution is 7.88. The van der Waals surface area contributed by atoms with E-state index >= 15 is 0 Å². The molecule has 208 valence electrons. The first kappa shape index (κ1) is 35.8. The average Bonchev–Trinajstić information content (AvgIpc) is 2.52. The van der Waals surface area contributed by atoms with E-state index in [1.54, 1.807) is 0 Å². The third-order valence-corrected chi connectivity index (χ3v) is 143. The summed E-state index contributed by atoms with van der Waals surface area (Å²) in [4.78, 5) is 0. The Balaban J connectivity index is 5.33. The molecule has 35 heavy (non-hydrogen) atoms. The van der Waals surface area contributed by atoms with Crippen LogP contribution in [-0.4, -0.2) is 59.3 Å². The van der Waals surface area contributed by atoms with Crippen LogP contribution < -0.4 is 0 Å². The lowest BCUT2D eigenvalue weighted by Gasteiger charge is -2.55. The summed E-state index contributed by atoms with van der Waals surface area (Å²) in [5.41, 5.74) is 0. The SMILES string of the molecule is C[Si](C)(C)[Si](O/C=C\CCC/C=C\O[Si]([Si](C)(C)C)([Si](C)(C)C)[Si](C)(C)C)([Si](C)(C)C)[Si](C)(C)C. The lowest BCUT2D eigenvalue weighted by atomic mass is 10.2. The first-order valence-electron chi connectivity index (χ1n) is 13.9. The average molecular weight is 621 g/mol. The third kappa shape index (κ3) is 7.92. The van der Waals surface area contributed by atoms with E-state index in [9.17, 15) is 0 Å². The van der Waals surface area contributed by atoms with Crippen molar-refractivity contribution in [2.45, 2.75) is 137 Å². The summed E-state index contributed by atoms with van der Waals surface area (Å²) in [5.74, 6) is 0. The van der Waals surface area contributed by atoms with Gasteiger partial charge in [-0.2, -0.15) is 0 Å². The van der Waals surface area contributed by atoms with Crippen molar-refractivity contribution in [3.05, 3.63) is 24.7 Å². The minimum Gasteiger partial charge on any atom is -0.558 e. The van der Waals surface area contributed by atoms with Gasteiger partial charge in [0.2, 0.25) is 13.7 Å². The van der Waals surface area contributed by atoms with Crippen molar-refractivity contribution in [2.75, 3.05) is 0 Å². The van der Waals surface area contributed by atoms with Gasteiger partial charge in [0.05, 0.1) is 58.1 Å². The fourth-order valence-corrected chi connectivity index (χ4v) is 194. The fraction of sp³-hybridized carbons (Fsp3) is 0.840. The number of hydrogen-bond donors (Lipinski definition) is 0. The molecule has 0 saturated heterocycles. The number of unbranched alkanes of at least 4 members (excludes halogenated alkanes) is 2. The first-order valence-corrected chi connectivity index (χ1v) is 44.7. The Labute approximate surface area is 228 Å². The fourth-order valence-electron chi connectivity index (χ4n) is 8.60. The van der Waals surface area contributed by atoms with Gasteiger partial charge < -0.3 is 8.85 Å². The molecule has 0 aliphatic rings. The minimum absolute atomic E-state index is 1.09. The monoisotopic (exact) mass is 620 g/mol. The molecule has 0 aromatic rings. The van der Waals surface area contributed by atoms with Crippen molar-refractivity contribution in [2.24, 2.45) is 0 Å². The van der Waals surface area contributed by atoms with Crippen LogP contribution in [-0.2, 0) is 8.85 Å². The van der Waals surface area contributed by atoms with Gasteiger partial charge in [0, 0.05) is 0 Å². The summed E-state index contributed by atoms with van der Waals surface area (Å²) >= 11 is 0. The van der Waals surface area contributed by atoms with E-state index in [2.05, 4.69) is 143 Å². The zero-order valence-electron chi connectivity index (χ0n) is 27.2. The number of hydrogen-bond acceptors (Lipinski definition) is 2. The van der Waals surface area contributed by atoms with Crippen molar-refractivity contribution >= 4 is 59.3 Å². The van der Waals surface area contributed by atoms with E-state index < -0.39 is 59.3 Å². The van der Waals surface area contributed by atoms with Gasteiger partial charge in [-0.25, -0.2) is 0 Å². The molecular weight excluding hydrogens is 557 g/mol. The van der Waals surface area contributed by atoms with Gasteiger partial charge in [-0.15, -0.1) is 0 Å². The maximum atomic E-state index is 7.03. The van der Waals surface area contributed by atoms with Gasteiger partial charge in [0.15, 0.2) is 0 Å². The van der Waals surface area contributed by atoms with Gasteiger partial charge >= 0.3 is 0 Å². The van der Waals surface area contributed by atoms with E-state index in [-0.39, 0.29) is 0 Å². The predicted molar refractivity (Wildman–Crippen MR) is 186 cm³/mol.